The molecule has 1 N–H and O–H groups in total. The molecule has 3 atom stereocenters. The highest BCUT2D eigenvalue weighted by atomic mass is 32.1. The predicted molar refractivity (Wildman–Crippen MR) is 81.0 cm³/mol. The van der Waals surface area contributed by atoms with Gasteiger partial charge in [0.2, 0.25) is 5.91 Å². The molecule has 1 fully saturated rings. The number of carbonyl (C=O) groups is 2. The van der Waals surface area contributed by atoms with Gasteiger partial charge in [-0.15, -0.1) is 11.3 Å². The lowest BCUT2D eigenvalue weighted by Crippen LogP contribution is -2.36. The maximum atomic E-state index is 12.6. The van der Waals surface area contributed by atoms with E-state index in [0.29, 0.717) is 25.3 Å². The quantitative estimate of drug-likeness (QED) is 0.907. The molecule has 116 valence electrons. The van der Waals surface area contributed by atoms with E-state index in [1.165, 1.54) is 0 Å². The Morgan fingerprint density at radius 1 is 1.43 bits per heavy atom. The van der Waals surface area contributed by atoms with E-state index in [2.05, 4.69) is 11.9 Å². The molecule has 1 heterocycles. The molecule has 5 nitrogen and oxygen atoms in total. The Labute approximate surface area is 129 Å². The summed E-state index contributed by atoms with van der Waals surface area (Å²) in [6, 6.07) is 0. The maximum Gasteiger partial charge on any atom is 0.307 e. The number of aryl methyl sites for hydroxylation is 1. The van der Waals surface area contributed by atoms with E-state index < -0.39 is 17.8 Å². The molecule has 0 spiro atoms. The molecule has 0 saturated heterocycles. The van der Waals surface area contributed by atoms with E-state index in [9.17, 15) is 14.7 Å². The molecule has 0 bridgehead atoms. The predicted octanol–water partition coefficient (Wildman–Crippen LogP) is 2.55. The van der Waals surface area contributed by atoms with E-state index in [1.807, 2.05) is 12.3 Å². The van der Waals surface area contributed by atoms with Crippen molar-refractivity contribution in [2.24, 2.45) is 17.8 Å². The first-order valence-electron chi connectivity index (χ1n) is 7.31. The van der Waals surface area contributed by atoms with Crippen molar-refractivity contribution in [3.8, 4) is 0 Å². The van der Waals surface area contributed by atoms with Crippen molar-refractivity contribution in [1.29, 1.82) is 0 Å². The average Bonchev–Trinajstić information content (AvgIpc) is 3.04. The van der Waals surface area contributed by atoms with E-state index in [4.69, 9.17) is 0 Å². The summed E-state index contributed by atoms with van der Waals surface area (Å²) in [4.78, 5) is 29.9. The van der Waals surface area contributed by atoms with Gasteiger partial charge in [0.15, 0.2) is 0 Å². The van der Waals surface area contributed by atoms with Crippen LogP contribution in [0.15, 0.2) is 5.38 Å². The van der Waals surface area contributed by atoms with Crippen LogP contribution < -0.4 is 0 Å². The second-order valence-corrected chi connectivity index (χ2v) is 6.91. The standard InChI is InChI=1S/C15H22N2O3S/c1-4-10-5-12(13(6-10)15(19)20)14(18)17(3)7-11-8-21-9(2)16-11/h8,10,12-13H,4-7H2,1-3H3,(H,19,20)/t10?,12-,13+/m0/s1. The number of nitrogens with zero attached hydrogens (tertiary/aromatic N) is 2. The molecule has 1 unspecified atom stereocenters. The fraction of sp³-hybridized carbons (Fsp3) is 0.667. The van der Waals surface area contributed by atoms with Gasteiger partial charge < -0.3 is 10.0 Å². The zero-order valence-electron chi connectivity index (χ0n) is 12.7. The summed E-state index contributed by atoms with van der Waals surface area (Å²) >= 11 is 1.56. The topological polar surface area (TPSA) is 70.5 Å². The fourth-order valence-electron chi connectivity index (χ4n) is 3.11. The van der Waals surface area contributed by atoms with E-state index in [1.54, 1.807) is 23.3 Å². The first-order chi connectivity index (χ1) is 9.92. The van der Waals surface area contributed by atoms with Gasteiger partial charge >= 0.3 is 5.97 Å². The minimum atomic E-state index is -0.845. The number of aliphatic carboxylic acids is 1. The summed E-state index contributed by atoms with van der Waals surface area (Å²) in [5, 5.41) is 12.3. The zero-order chi connectivity index (χ0) is 15.6. The number of thiazole rings is 1. The van der Waals surface area contributed by atoms with Gasteiger partial charge in [-0.2, -0.15) is 0 Å². The maximum absolute atomic E-state index is 12.6. The van der Waals surface area contributed by atoms with Crippen molar-refractivity contribution in [3.05, 3.63) is 16.1 Å². The number of carbonyl (C=O) groups excluding carboxylic acids is 1. The molecule has 1 aromatic heterocycles. The normalized spacial score (nSPS) is 25.0. The summed E-state index contributed by atoms with van der Waals surface area (Å²) in [6.45, 7) is 4.43. The monoisotopic (exact) mass is 310 g/mol. The lowest BCUT2D eigenvalue weighted by Gasteiger charge is -2.22. The molecule has 0 aromatic carbocycles. The lowest BCUT2D eigenvalue weighted by atomic mass is 9.95. The Balaban J connectivity index is 2.05. The third kappa shape index (κ3) is 3.61. The van der Waals surface area contributed by atoms with Crippen molar-refractivity contribution in [2.45, 2.75) is 39.7 Å². The van der Waals surface area contributed by atoms with Gasteiger partial charge in [0.05, 0.1) is 29.1 Å². The van der Waals surface area contributed by atoms with Crippen molar-refractivity contribution >= 4 is 23.2 Å². The number of rotatable bonds is 5. The summed E-state index contributed by atoms with van der Waals surface area (Å²) in [5.74, 6) is -1.50. The molecule has 1 amide bonds. The number of carboxylic acids is 1. The first-order valence-corrected chi connectivity index (χ1v) is 8.19. The van der Waals surface area contributed by atoms with Gasteiger partial charge in [0.1, 0.15) is 0 Å². The van der Waals surface area contributed by atoms with Gasteiger partial charge in [0.25, 0.3) is 0 Å². The largest absolute Gasteiger partial charge is 0.481 e. The second kappa shape index (κ2) is 6.56. The van der Waals surface area contributed by atoms with Crippen LogP contribution in [0.5, 0.6) is 0 Å². The van der Waals surface area contributed by atoms with E-state index in [-0.39, 0.29) is 5.91 Å². The highest BCUT2D eigenvalue weighted by molar-refractivity contribution is 7.09. The minimum Gasteiger partial charge on any atom is -0.481 e. The number of aromatic nitrogens is 1. The Morgan fingerprint density at radius 2 is 2.10 bits per heavy atom. The highest BCUT2D eigenvalue weighted by Gasteiger charge is 2.43. The third-order valence-electron chi connectivity index (χ3n) is 4.31. The van der Waals surface area contributed by atoms with Crippen LogP contribution in [0.1, 0.15) is 36.9 Å². The van der Waals surface area contributed by atoms with Gasteiger partial charge in [-0.05, 0) is 25.7 Å². The molecular weight excluding hydrogens is 288 g/mol. The van der Waals surface area contributed by atoms with Crippen LogP contribution in [0, 0.1) is 24.7 Å². The molecule has 0 aliphatic heterocycles. The lowest BCUT2D eigenvalue weighted by molar-refractivity contribution is -0.148. The summed E-state index contributed by atoms with van der Waals surface area (Å²) in [6.07, 6.45) is 2.24. The number of hydrogen-bond donors (Lipinski definition) is 1. The third-order valence-corrected chi connectivity index (χ3v) is 5.14. The van der Waals surface area contributed by atoms with Gasteiger partial charge in [-0.25, -0.2) is 4.98 Å². The van der Waals surface area contributed by atoms with Crippen LogP contribution in [0.2, 0.25) is 0 Å². The summed E-state index contributed by atoms with van der Waals surface area (Å²) in [5.41, 5.74) is 0.866. The van der Waals surface area contributed by atoms with E-state index >= 15 is 0 Å². The molecule has 21 heavy (non-hydrogen) atoms. The fourth-order valence-corrected chi connectivity index (χ4v) is 3.71. The van der Waals surface area contributed by atoms with Crippen LogP contribution in [-0.2, 0) is 16.1 Å². The Morgan fingerprint density at radius 3 is 2.62 bits per heavy atom. The molecule has 6 heteroatoms. The molecular formula is C15H22N2O3S. The highest BCUT2D eigenvalue weighted by Crippen LogP contribution is 2.39. The smallest absolute Gasteiger partial charge is 0.307 e. The van der Waals surface area contributed by atoms with Crippen LogP contribution >= 0.6 is 11.3 Å². The molecule has 1 saturated carbocycles. The van der Waals surface area contributed by atoms with Crippen LogP contribution in [0.4, 0.5) is 0 Å². The Bertz CT molecular complexity index is 529. The first kappa shape index (κ1) is 15.9. The van der Waals surface area contributed by atoms with Crippen LogP contribution in [-0.4, -0.2) is 33.9 Å². The summed E-state index contributed by atoms with van der Waals surface area (Å²) < 4.78 is 0. The Kier molecular flexibility index (Phi) is 4.98. The number of carboxylic acid groups (broad SMARTS) is 1. The van der Waals surface area contributed by atoms with Crippen molar-refractivity contribution in [2.75, 3.05) is 7.05 Å². The number of amides is 1. The van der Waals surface area contributed by atoms with Gasteiger partial charge in [-0.1, -0.05) is 13.3 Å². The SMILES string of the molecule is CCC1C[C@H](C(=O)N(C)Cc2csc(C)n2)[C@H](C(=O)O)C1. The van der Waals surface area contributed by atoms with Crippen molar-refractivity contribution in [1.82, 2.24) is 9.88 Å². The second-order valence-electron chi connectivity index (χ2n) is 5.85. The van der Waals surface area contributed by atoms with Crippen LogP contribution in [0.25, 0.3) is 0 Å². The Hall–Kier alpha value is -1.43. The molecule has 1 aliphatic rings. The zero-order valence-corrected chi connectivity index (χ0v) is 13.5. The minimum absolute atomic E-state index is 0.0657. The number of hydrogen-bond acceptors (Lipinski definition) is 4. The van der Waals surface area contributed by atoms with Crippen molar-refractivity contribution < 1.29 is 14.7 Å². The molecule has 1 aromatic rings. The molecule has 0 radical (unpaired) electrons. The van der Waals surface area contributed by atoms with Gasteiger partial charge in [0, 0.05) is 12.4 Å². The van der Waals surface area contributed by atoms with Crippen molar-refractivity contribution in [3.63, 3.8) is 0 Å². The summed E-state index contributed by atoms with van der Waals surface area (Å²) in [7, 11) is 1.73. The average molecular weight is 310 g/mol. The molecule has 1 aliphatic carbocycles. The van der Waals surface area contributed by atoms with Crippen LogP contribution in [0.3, 0.4) is 0 Å². The van der Waals surface area contributed by atoms with Gasteiger partial charge in [-0.3, -0.25) is 9.59 Å². The molecule has 2 rings (SSSR count). The van der Waals surface area contributed by atoms with E-state index in [0.717, 1.165) is 17.1 Å².